The van der Waals surface area contributed by atoms with Gasteiger partial charge in [0.25, 0.3) is 0 Å². The molecule has 11 heteroatoms. The minimum absolute atomic E-state index is 0.0279. The molecular weight excluding hydrogens is 555 g/mol. The molecule has 4 aromatic rings. The summed E-state index contributed by atoms with van der Waals surface area (Å²) >= 11 is 13.4. The first-order chi connectivity index (χ1) is 19.0. The maximum Gasteiger partial charge on any atom is 0.244 e. The predicted octanol–water partition coefficient (Wildman–Crippen LogP) is 5.90. The zero-order valence-corrected chi connectivity index (χ0v) is 23.4. The van der Waals surface area contributed by atoms with Crippen LogP contribution in [0.3, 0.4) is 0 Å². The number of thiazole rings is 1. The summed E-state index contributed by atoms with van der Waals surface area (Å²) in [4.78, 5) is 29.2. The smallest absolute Gasteiger partial charge is 0.244 e. The zero-order chi connectivity index (χ0) is 26.8. The van der Waals surface area contributed by atoms with Crippen LogP contribution in [0.4, 0.5) is 0 Å². The summed E-state index contributed by atoms with van der Waals surface area (Å²) in [5.41, 5.74) is 5.46. The average molecular weight is 582 g/mol. The second-order valence-corrected chi connectivity index (χ2v) is 11.3. The minimum Gasteiger partial charge on any atom is -0.387 e. The van der Waals surface area contributed by atoms with Gasteiger partial charge in [0.15, 0.2) is 6.10 Å². The SMILES string of the molecule is O=C(Cn1nc(Cl)nc1Cl)N1CCC(c2nc(C3=NOC(c4ccccc4Cc4ccccc4)C3)cs2)CC1. The van der Waals surface area contributed by atoms with Crippen molar-refractivity contribution in [2.45, 2.75) is 44.2 Å². The van der Waals surface area contributed by atoms with Crippen molar-refractivity contribution >= 4 is 46.2 Å². The van der Waals surface area contributed by atoms with Crippen LogP contribution >= 0.6 is 34.5 Å². The van der Waals surface area contributed by atoms with Gasteiger partial charge in [0.05, 0.1) is 10.7 Å². The number of carbonyl (C=O) groups is 1. The van der Waals surface area contributed by atoms with Crippen LogP contribution in [0.2, 0.25) is 10.6 Å². The standard InChI is InChI=1S/C28H26Cl2N6O2S/c29-27-32-28(30)36(33-27)16-25(37)35-12-10-19(11-13-35)26-31-23(17-39-26)22-15-24(38-34-22)21-9-5-4-8-20(21)14-18-6-2-1-3-7-18/h1-9,17,19,24H,10-16H2. The molecule has 1 saturated heterocycles. The van der Waals surface area contributed by atoms with Crippen molar-refractivity contribution in [2.75, 3.05) is 13.1 Å². The lowest BCUT2D eigenvalue weighted by Crippen LogP contribution is -2.39. The number of amides is 1. The molecule has 0 aliphatic carbocycles. The molecule has 6 rings (SSSR count). The third kappa shape index (κ3) is 5.85. The number of oxime groups is 1. The Balaban J connectivity index is 1.05. The van der Waals surface area contributed by atoms with Crippen LogP contribution in [-0.4, -0.2) is 49.4 Å². The fraction of sp³-hybridized carbons (Fsp3) is 0.321. The lowest BCUT2D eigenvalue weighted by molar-refractivity contribution is -0.133. The Labute approximate surface area is 240 Å². The van der Waals surface area contributed by atoms with Gasteiger partial charge in [-0.25, -0.2) is 9.67 Å². The minimum atomic E-state index is -0.118. The number of nitrogens with zero attached hydrogens (tertiary/aromatic N) is 6. The number of hydrogen-bond acceptors (Lipinski definition) is 7. The molecule has 200 valence electrons. The normalized spacial score (nSPS) is 17.7. The summed E-state index contributed by atoms with van der Waals surface area (Å²) in [5.74, 6) is 0.260. The second kappa shape index (κ2) is 11.5. The first-order valence-electron chi connectivity index (χ1n) is 12.9. The quantitative estimate of drug-likeness (QED) is 0.271. The average Bonchev–Trinajstić information content (AvgIpc) is 3.70. The molecule has 1 unspecified atom stereocenters. The van der Waals surface area contributed by atoms with Crippen molar-refractivity contribution < 1.29 is 9.63 Å². The van der Waals surface area contributed by atoms with Crippen LogP contribution < -0.4 is 0 Å². The molecule has 0 N–H and O–H groups in total. The van der Waals surface area contributed by atoms with E-state index in [4.69, 9.17) is 33.0 Å². The van der Waals surface area contributed by atoms with E-state index in [-0.39, 0.29) is 29.1 Å². The fourth-order valence-electron chi connectivity index (χ4n) is 5.13. The first-order valence-corrected chi connectivity index (χ1v) is 14.5. The van der Waals surface area contributed by atoms with Gasteiger partial charge in [-0.05, 0) is 59.2 Å². The summed E-state index contributed by atoms with van der Waals surface area (Å²) in [6, 6.07) is 18.9. The number of benzene rings is 2. The lowest BCUT2D eigenvalue weighted by atomic mass is 9.94. The zero-order valence-electron chi connectivity index (χ0n) is 21.0. The Kier molecular flexibility index (Phi) is 7.63. The molecule has 1 atom stereocenters. The highest BCUT2D eigenvalue weighted by Gasteiger charge is 2.30. The highest BCUT2D eigenvalue weighted by atomic mass is 35.5. The van der Waals surface area contributed by atoms with Crippen LogP contribution in [0, 0.1) is 0 Å². The number of rotatable bonds is 7. The molecule has 1 fully saturated rings. The fourth-order valence-corrected chi connectivity index (χ4v) is 6.52. The van der Waals surface area contributed by atoms with Crippen molar-refractivity contribution in [2.24, 2.45) is 5.16 Å². The lowest BCUT2D eigenvalue weighted by Gasteiger charge is -2.31. The van der Waals surface area contributed by atoms with E-state index >= 15 is 0 Å². The van der Waals surface area contributed by atoms with E-state index in [0.29, 0.717) is 25.4 Å². The van der Waals surface area contributed by atoms with Gasteiger partial charge in [-0.2, -0.15) is 4.98 Å². The van der Waals surface area contributed by atoms with E-state index in [1.807, 2.05) is 11.0 Å². The third-order valence-electron chi connectivity index (χ3n) is 7.21. The van der Waals surface area contributed by atoms with E-state index in [1.165, 1.54) is 21.4 Å². The van der Waals surface area contributed by atoms with Gasteiger partial charge in [-0.3, -0.25) is 4.79 Å². The summed E-state index contributed by atoms with van der Waals surface area (Å²) in [6.07, 6.45) is 3.13. The van der Waals surface area contributed by atoms with Crippen LogP contribution in [-0.2, 0) is 22.6 Å². The number of likely N-dealkylation sites (tertiary alicyclic amines) is 1. The molecule has 2 aromatic heterocycles. The summed E-state index contributed by atoms with van der Waals surface area (Å²) in [7, 11) is 0. The molecule has 1 amide bonds. The largest absolute Gasteiger partial charge is 0.387 e. The Morgan fingerprint density at radius 1 is 1.03 bits per heavy atom. The maximum atomic E-state index is 12.7. The Bertz CT molecular complexity index is 1500. The van der Waals surface area contributed by atoms with Gasteiger partial charge >= 0.3 is 0 Å². The van der Waals surface area contributed by atoms with Crippen LogP contribution in [0.5, 0.6) is 0 Å². The van der Waals surface area contributed by atoms with E-state index in [2.05, 4.69) is 69.1 Å². The predicted molar refractivity (Wildman–Crippen MR) is 151 cm³/mol. The van der Waals surface area contributed by atoms with E-state index in [9.17, 15) is 4.79 Å². The molecule has 39 heavy (non-hydrogen) atoms. The van der Waals surface area contributed by atoms with Gasteiger partial charge in [-0.15, -0.1) is 16.4 Å². The molecular formula is C28H26Cl2N6O2S. The van der Waals surface area contributed by atoms with Crippen molar-refractivity contribution in [1.29, 1.82) is 0 Å². The summed E-state index contributed by atoms with van der Waals surface area (Å²) < 4.78 is 1.32. The highest BCUT2D eigenvalue weighted by Crippen LogP contribution is 2.35. The Morgan fingerprint density at radius 3 is 2.56 bits per heavy atom. The summed E-state index contributed by atoms with van der Waals surface area (Å²) in [6.45, 7) is 1.34. The van der Waals surface area contributed by atoms with Crippen LogP contribution in [0.1, 0.15) is 58.7 Å². The van der Waals surface area contributed by atoms with E-state index < -0.39 is 0 Å². The topological polar surface area (TPSA) is 85.5 Å². The van der Waals surface area contributed by atoms with E-state index in [0.717, 1.165) is 35.7 Å². The number of aromatic nitrogens is 4. The Morgan fingerprint density at radius 2 is 1.79 bits per heavy atom. The van der Waals surface area contributed by atoms with Gasteiger partial charge in [-0.1, -0.05) is 59.8 Å². The van der Waals surface area contributed by atoms with Gasteiger partial charge in [0, 0.05) is 30.8 Å². The van der Waals surface area contributed by atoms with Crippen molar-refractivity contribution in [3.8, 4) is 0 Å². The first kappa shape index (κ1) is 26.0. The van der Waals surface area contributed by atoms with Crippen molar-refractivity contribution in [3.63, 3.8) is 0 Å². The Hall–Kier alpha value is -3.27. The molecule has 0 saturated carbocycles. The van der Waals surface area contributed by atoms with E-state index in [1.54, 1.807) is 11.3 Å². The van der Waals surface area contributed by atoms with Crippen LogP contribution in [0.25, 0.3) is 0 Å². The molecule has 4 heterocycles. The summed E-state index contributed by atoms with van der Waals surface area (Å²) in [5, 5.41) is 11.7. The number of halogens is 2. The van der Waals surface area contributed by atoms with Crippen LogP contribution in [0.15, 0.2) is 65.1 Å². The van der Waals surface area contributed by atoms with Gasteiger partial charge < -0.3 is 9.74 Å². The van der Waals surface area contributed by atoms with Gasteiger partial charge in [0.1, 0.15) is 12.3 Å². The number of hydrogen-bond donors (Lipinski definition) is 0. The van der Waals surface area contributed by atoms with Crippen molar-refractivity contribution in [1.82, 2.24) is 24.6 Å². The highest BCUT2D eigenvalue weighted by molar-refractivity contribution is 7.10. The molecule has 8 nitrogen and oxygen atoms in total. The molecule has 0 bridgehead atoms. The third-order valence-corrected chi connectivity index (χ3v) is 8.66. The second-order valence-electron chi connectivity index (χ2n) is 9.73. The molecule has 0 spiro atoms. The van der Waals surface area contributed by atoms with Gasteiger partial charge in [0.2, 0.25) is 16.5 Å². The maximum absolute atomic E-state index is 12.7. The number of carbonyl (C=O) groups excluding carboxylic acids is 1. The monoisotopic (exact) mass is 580 g/mol. The van der Waals surface area contributed by atoms with Crippen molar-refractivity contribution in [3.05, 3.63) is 97.9 Å². The molecule has 2 aliphatic heterocycles. The molecule has 2 aliphatic rings. The molecule has 2 aromatic carbocycles. The number of piperidine rings is 1. The molecule has 0 radical (unpaired) electrons.